The molecule has 10 heteroatoms. The number of nitrogens with one attached hydrogen (secondary N) is 3. The van der Waals surface area contributed by atoms with E-state index in [1.807, 2.05) is 13.0 Å². The Morgan fingerprint density at radius 2 is 1.77 bits per heavy atom. The molecule has 7 nitrogen and oxygen atoms in total. The number of aryl methyl sites for hydroxylation is 2. The van der Waals surface area contributed by atoms with E-state index in [9.17, 15) is 18.4 Å². The van der Waals surface area contributed by atoms with Crippen LogP contribution in [0.1, 0.15) is 44.9 Å². The number of rotatable bonds is 7. The first kappa shape index (κ1) is 27.9. The molecule has 0 aliphatic heterocycles. The zero-order valence-electron chi connectivity index (χ0n) is 20.4. The quantitative estimate of drug-likeness (QED) is 0.362. The number of carbonyl (C=O) groups is 2. The average Bonchev–Trinajstić information content (AvgIpc) is 2.74. The lowest BCUT2D eigenvalue weighted by atomic mass is 9.97. The van der Waals surface area contributed by atoms with Gasteiger partial charge >= 0.3 is 6.03 Å². The normalized spacial score (nSPS) is 11.1. The third-order valence-corrected chi connectivity index (χ3v) is 5.34. The molecule has 0 unspecified atom stereocenters. The molecule has 0 aliphatic rings. The highest BCUT2D eigenvalue weighted by Gasteiger charge is 2.17. The third-order valence-electron chi connectivity index (χ3n) is 5.34. The molecule has 3 amide bonds. The van der Waals surface area contributed by atoms with E-state index in [2.05, 4.69) is 25.9 Å². The fraction of sp³-hybridized carbons (Fsp3) is 0.360. The molecule has 0 spiro atoms. The van der Waals surface area contributed by atoms with Gasteiger partial charge in [0.2, 0.25) is 5.91 Å². The number of carbonyl (C=O) groups excluding carboxylic acids is 2. The summed E-state index contributed by atoms with van der Waals surface area (Å²) in [6.07, 6.45) is 2.10. The molecular weight excluding hydrogens is 476 g/mol. The summed E-state index contributed by atoms with van der Waals surface area (Å²) in [6.45, 7) is 8.34. The van der Waals surface area contributed by atoms with Crippen LogP contribution in [0.4, 0.5) is 25.1 Å². The fourth-order valence-electron chi connectivity index (χ4n) is 3.43. The maximum atomic E-state index is 14.6. The molecule has 3 rings (SSSR count). The van der Waals surface area contributed by atoms with Crippen LogP contribution < -0.4 is 16.0 Å². The van der Waals surface area contributed by atoms with Crippen LogP contribution in [0.2, 0.25) is 0 Å². The summed E-state index contributed by atoms with van der Waals surface area (Å²) in [7, 11) is 0. The number of fused-ring (bicyclic) bond motifs is 1. The van der Waals surface area contributed by atoms with Crippen molar-refractivity contribution in [1.82, 2.24) is 15.3 Å². The highest BCUT2D eigenvalue weighted by Crippen LogP contribution is 2.32. The Kier molecular flexibility index (Phi) is 9.09. The number of pyridine rings is 2. The van der Waals surface area contributed by atoms with Gasteiger partial charge in [0.15, 0.2) is 0 Å². The summed E-state index contributed by atoms with van der Waals surface area (Å²) in [5.41, 5.74) is 2.10. The number of alkyl halides is 1. The van der Waals surface area contributed by atoms with E-state index in [1.54, 1.807) is 32.2 Å². The molecule has 0 atom stereocenters. The Balaban J connectivity index is 0.00000432. The second-order valence-corrected chi connectivity index (χ2v) is 8.78. The van der Waals surface area contributed by atoms with Gasteiger partial charge in [-0.2, -0.15) is 0 Å². The molecule has 188 valence electrons. The molecule has 2 aromatic heterocycles. The third kappa shape index (κ3) is 7.32. The van der Waals surface area contributed by atoms with Crippen LogP contribution in [0.25, 0.3) is 22.0 Å². The second-order valence-electron chi connectivity index (χ2n) is 8.78. The van der Waals surface area contributed by atoms with Crippen molar-refractivity contribution in [2.45, 2.75) is 53.1 Å². The SMILES string of the molecule is CCC(=O)Nc1cc2nc(C)c(-c3cc(NC(=O)NCCC(C)(C)F)c(F)cc3C)cc2cn1.Cl. The summed E-state index contributed by atoms with van der Waals surface area (Å²) in [6, 6.07) is 5.89. The molecule has 0 aliphatic carbocycles. The number of halogens is 3. The maximum absolute atomic E-state index is 14.6. The summed E-state index contributed by atoms with van der Waals surface area (Å²) >= 11 is 0. The van der Waals surface area contributed by atoms with Gasteiger partial charge in [0, 0.05) is 41.9 Å². The summed E-state index contributed by atoms with van der Waals surface area (Å²) < 4.78 is 28.2. The van der Waals surface area contributed by atoms with Gasteiger partial charge in [-0.15, -0.1) is 12.4 Å². The average molecular weight is 506 g/mol. The molecule has 0 fully saturated rings. The van der Waals surface area contributed by atoms with E-state index >= 15 is 0 Å². The number of anilines is 2. The van der Waals surface area contributed by atoms with Crippen LogP contribution in [0.5, 0.6) is 0 Å². The van der Waals surface area contributed by atoms with Gasteiger partial charge in [-0.25, -0.2) is 18.6 Å². The van der Waals surface area contributed by atoms with Crippen LogP contribution in [0, 0.1) is 19.7 Å². The van der Waals surface area contributed by atoms with Crippen molar-refractivity contribution in [3.05, 3.63) is 47.5 Å². The zero-order chi connectivity index (χ0) is 25.0. The predicted molar refractivity (Wildman–Crippen MR) is 137 cm³/mol. The number of aromatic nitrogens is 2. The number of hydrogen-bond donors (Lipinski definition) is 3. The molecular formula is C25H30ClF2N5O2. The van der Waals surface area contributed by atoms with E-state index in [4.69, 9.17) is 0 Å². The highest BCUT2D eigenvalue weighted by atomic mass is 35.5. The number of nitrogens with zero attached hydrogens (tertiary/aromatic N) is 2. The minimum absolute atomic E-state index is 0. The van der Waals surface area contributed by atoms with Gasteiger partial charge in [-0.3, -0.25) is 9.78 Å². The smallest absolute Gasteiger partial charge is 0.319 e. The van der Waals surface area contributed by atoms with E-state index in [-0.39, 0.29) is 37.0 Å². The molecule has 2 heterocycles. The Bertz CT molecular complexity index is 1240. The van der Waals surface area contributed by atoms with Crippen LogP contribution >= 0.6 is 12.4 Å². The molecule has 0 saturated heterocycles. The first-order chi connectivity index (χ1) is 16.0. The van der Waals surface area contributed by atoms with Gasteiger partial charge in [0.1, 0.15) is 17.3 Å². The van der Waals surface area contributed by atoms with Crippen molar-refractivity contribution < 1.29 is 18.4 Å². The minimum Gasteiger partial charge on any atom is -0.338 e. The Morgan fingerprint density at radius 1 is 1.06 bits per heavy atom. The Morgan fingerprint density at radius 3 is 2.43 bits per heavy atom. The van der Waals surface area contributed by atoms with E-state index < -0.39 is 17.5 Å². The molecule has 1 aromatic carbocycles. The molecule has 3 N–H and O–H groups in total. The van der Waals surface area contributed by atoms with E-state index in [0.717, 1.165) is 10.9 Å². The van der Waals surface area contributed by atoms with Crippen LogP contribution in [0.15, 0.2) is 30.5 Å². The van der Waals surface area contributed by atoms with Gasteiger partial charge < -0.3 is 16.0 Å². The van der Waals surface area contributed by atoms with Crippen molar-refractivity contribution in [3.63, 3.8) is 0 Å². The number of amides is 3. The van der Waals surface area contributed by atoms with E-state index in [1.165, 1.54) is 19.9 Å². The predicted octanol–water partition coefficient (Wildman–Crippen LogP) is 6.08. The van der Waals surface area contributed by atoms with Gasteiger partial charge in [0.25, 0.3) is 0 Å². The molecule has 3 aromatic rings. The monoisotopic (exact) mass is 505 g/mol. The summed E-state index contributed by atoms with van der Waals surface area (Å²) in [5.74, 6) is -0.295. The lowest BCUT2D eigenvalue weighted by molar-refractivity contribution is -0.115. The van der Waals surface area contributed by atoms with Crippen LogP contribution in [-0.2, 0) is 4.79 Å². The van der Waals surface area contributed by atoms with E-state index in [0.29, 0.717) is 34.6 Å². The Labute approximate surface area is 209 Å². The summed E-state index contributed by atoms with van der Waals surface area (Å²) in [4.78, 5) is 32.8. The number of hydrogen-bond acceptors (Lipinski definition) is 4. The lowest BCUT2D eigenvalue weighted by Gasteiger charge is -2.16. The van der Waals surface area contributed by atoms with Crippen molar-refractivity contribution in [1.29, 1.82) is 0 Å². The minimum atomic E-state index is -1.41. The zero-order valence-corrected chi connectivity index (χ0v) is 21.2. The topological polar surface area (TPSA) is 96.0 Å². The van der Waals surface area contributed by atoms with Gasteiger partial charge in [-0.1, -0.05) is 6.92 Å². The van der Waals surface area contributed by atoms with Gasteiger partial charge in [0.05, 0.1) is 11.2 Å². The highest BCUT2D eigenvalue weighted by molar-refractivity contribution is 5.94. The molecule has 0 saturated carbocycles. The standard InChI is InChI=1S/C25H29F2N5O2.ClH/c1-6-23(33)32-22-12-20-16(13-29-22)10-18(15(3)30-20)17-11-21(19(26)9-14(17)2)31-24(34)28-8-7-25(4,5)27;/h9-13H,6-8H2,1-5H3,(H2,28,31,34)(H,29,32,33);1H. The fourth-order valence-corrected chi connectivity index (χ4v) is 3.43. The second kappa shape index (κ2) is 11.4. The van der Waals surface area contributed by atoms with Crippen molar-refractivity contribution >= 4 is 46.8 Å². The largest absolute Gasteiger partial charge is 0.338 e. The van der Waals surface area contributed by atoms with Crippen molar-refractivity contribution in [2.75, 3.05) is 17.2 Å². The van der Waals surface area contributed by atoms with Crippen LogP contribution in [-0.4, -0.2) is 34.1 Å². The lowest BCUT2D eigenvalue weighted by Crippen LogP contribution is -2.32. The first-order valence-corrected chi connectivity index (χ1v) is 11.1. The molecule has 0 bridgehead atoms. The number of urea groups is 1. The maximum Gasteiger partial charge on any atom is 0.319 e. The van der Waals surface area contributed by atoms with Crippen LogP contribution in [0.3, 0.4) is 0 Å². The van der Waals surface area contributed by atoms with Crippen molar-refractivity contribution in [3.8, 4) is 11.1 Å². The first-order valence-electron chi connectivity index (χ1n) is 11.1. The summed E-state index contributed by atoms with van der Waals surface area (Å²) in [5, 5.41) is 8.51. The molecule has 35 heavy (non-hydrogen) atoms. The Hall–Kier alpha value is -3.33. The number of benzene rings is 1. The molecule has 0 radical (unpaired) electrons. The van der Waals surface area contributed by atoms with Crippen molar-refractivity contribution in [2.24, 2.45) is 0 Å². The van der Waals surface area contributed by atoms with Gasteiger partial charge in [-0.05, 0) is 63.4 Å².